The average Bonchev–Trinajstić information content (AvgIpc) is 2.34. The number of hydrogen-bond donors (Lipinski definition) is 1. The minimum atomic E-state index is -0.134. The van der Waals surface area contributed by atoms with Crippen LogP contribution in [0.4, 0.5) is 0 Å². The molecule has 0 radical (unpaired) electrons. The van der Waals surface area contributed by atoms with E-state index in [0.717, 1.165) is 4.90 Å². The third-order valence-electron chi connectivity index (χ3n) is 1.94. The van der Waals surface area contributed by atoms with Crippen molar-refractivity contribution < 1.29 is 4.79 Å². The van der Waals surface area contributed by atoms with Crippen molar-refractivity contribution in [1.82, 2.24) is 5.32 Å². The van der Waals surface area contributed by atoms with Gasteiger partial charge in [-0.1, -0.05) is 18.2 Å². The van der Waals surface area contributed by atoms with Gasteiger partial charge in [-0.15, -0.1) is 11.8 Å². The molecule has 16 heavy (non-hydrogen) atoms. The van der Waals surface area contributed by atoms with E-state index in [1.54, 1.807) is 6.92 Å². The zero-order valence-corrected chi connectivity index (χ0v) is 9.96. The maximum absolute atomic E-state index is 11.4. The van der Waals surface area contributed by atoms with Gasteiger partial charge in [0.2, 0.25) is 5.91 Å². The molecule has 3 nitrogen and oxygen atoms in total. The van der Waals surface area contributed by atoms with Crippen molar-refractivity contribution in [2.75, 3.05) is 12.3 Å². The quantitative estimate of drug-likeness (QED) is 0.793. The lowest BCUT2D eigenvalue weighted by Crippen LogP contribution is -2.29. The van der Waals surface area contributed by atoms with E-state index in [1.165, 1.54) is 11.8 Å². The molecule has 1 aromatic rings. The molecule has 0 saturated carbocycles. The van der Waals surface area contributed by atoms with Gasteiger partial charge in [0.15, 0.2) is 0 Å². The number of hydrogen-bond acceptors (Lipinski definition) is 3. The summed E-state index contributed by atoms with van der Waals surface area (Å²) < 4.78 is 0. The van der Waals surface area contributed by atoms with Gasteiger partial charge in [0.1, 0.15) is 0 Å². The van der Waals surface area contributed by atoms with Crippen LogP contribution in [0.3, 0.4) is 0 Å². The van der Waals surface area contributed by atoms with E-state index < -0.39 is 0 Å². The van der Waals surface area contributed by atoms with E-state index in [4.69, 9.17) is 5.26 Å². The van der Waals surface area contributed by atoms with Crippen molar-refractivity contribution in [3.63, 3.8) is 0 Å². The minimum absolute atomic E-state index is 0.0315. The highest BCUT2D eigenvalue weighted by molar-refractivity contribution is 8.00. The van der Waals surface area contributed by atoms with Crippen LogP contribution in [0.15, 0.2) is 35.2 Å². The third-order valence-corrected chi connectivity index (χ3v) is 2.95. The Balaban J connectivity index is 2.24. The molecule has 0 aromatic heterocycles. The molecule has 1 amide bonds. The van der Waals surface area contributed by atoms with Crippen LogP contribution in [0.1, 0.15) is 6.92 Å². The Morgan fingerprint density at radius 1 is 1.50 bits per heavy atom. The molecular formula is C12H14N2OS. The second-order valence-corrected chi connectivity index (χ2v) is 4.48. The topological polar surface area (TPSA) is 52.9 Å². The van der Waals surface area contributed by atoms with Gasteiger partial charge in [0, 0.05) is 11.4 Å². The summed E-state index contributed by atoms with van der Waals surface area (Å²) in [6.07, 6.45) is 0. The average molecular weight is 234 g/mol. The van der Waals surface area contributed by atoms with Crippen LogP contribution < -0.4 is 5.32 Å². The van der Waals surface area contributed by atoms with Crippen LogP contribution in [0.2, 0.25) is 0 Å². The number of benzene rings is 1. The zero-order valence-electron chi connectivity index (χ0n) is 9.14. The number of nitrogens with zero attached hydrogens (tertiary/aromatic N) is 1. The van der Waals surface area contributed by atoms with Gasteiger partial charge >= 0.3 is 0 Å². The molecule has 1 atom stereocenters. The van der Waals surface area contributed by atoms with E-state index in [-0.39, 0.29) is 11.8 Å². The summed E-state index contributed by atoms with van der Waals surface area (Å²) in [4.78, 5) is 12.5. The fourth-order valence-electron chi connectivity index (χ4n) is 1.03. The SMILES string of the molecule is CC(C#N)CNC(=O)CSc1ccccc1. The molecule has 0 fully saturated rings. The third kappa shape index (κ3) is 4.85. The predicted molar refractivity (Wildman–Crippen MR) is 65.0 cm³/mol. The Bertz CT molecular complexity index is 372. The van der Waals surface area contributed by atoms with Crippen molar-refractivity contribution in [1.29, 1.82) is 5.26 Å². The van der Waals surface area contributed by atoms with Gasteiger partial charge in [0.25, 0.3) is 0 Å². The van der Waals surface area contributed by atoms with Gasteiger partial charge in [-0.2, -0.15) is 5.26 Å². The first-order valence-electron chi connectivity index (χ1n) is 5.06. The highest BCUT2D eigenvalue weighted by Crippen LogP contribution is 2.16. The minimum Gasteiger partial charge on any atom is -0.354 e. The normalized spacial score (nSPS) is 11.5. The van der Waals surface area contributed by atoms with Crippen molar-refractivity contribution in [3.8, 4) is 6.07 Å². The Morgan fingerprint density at radius 2 is 2.19 bits per heavy atom. The summed E-state index contributed by atoms with van der Waals surface area (Å²) in [6.45, 7) is 2.20. The molecule has 0 spiro atoms. The van der Waals surface area contributed by atoms with E-state index in [9.17, 15) is 4.79 Å². The zero-order chi connectivity index (χ0) is 11.8. The molecule has 1 N–H and O–H groups in total. The lowest BCUT2D eigenvalue weighted by atomic mass is 10.2. The number of nitrogens with one attached hydrogen (secondary N) is 1. The van der Waals surface area contributed by atoms with Crippen LogP contribution >= 0.6 is 11.8 Å². The summed E-state index contributed by atoms with van der Waals surface area (Å²) >= 11 is 1.49. The number of carbonyl (C=O) groups excluding carboxylic acids is 1. The van der Waals surface area contributed by atoms with E-state index >= 15 is 0 Å². The molecule has 1 unspecified atom stereocenters. The smallest absolute Gasteiger partial charge is 0.230 e. The van der Waals surface area contributed by atoms with Crippen molar-refractivity contribution in [3.05, 3.63) is 30.3 Å². The monoisotopic (exact) mass is 234 g/mol. The van der Waals surface area contributed by atoms with Gasteiger partial charge in [-0.3, -0.25) is 4.79 Å². The van der Waals surface area contributed by atoms with E-state index in [2.05, 4.69) is 11.4 Å². The molecule has 0 aliphatic rings. The predicted octanol–water partition coefficient (Wildman–Crippen LogP) is 2.05. The van der Waals surface area contributed by atoms with Crippen molar-refractivity contribution in [2.45, 2.75) is 11.8 Å². The highest BCUT2D eigenvalue weighted by Gasteiger charge is 2.04. The summed E-state index contributed by atoms with van der Waals surface area (Å²) in [7, 11) is 0. The maximum atomic E-state index is 11.4. The van der Waals surface area contributed by atoms with Crippen LogP contribution in [0.25, 0.3) is 0 Å². The van der Waals surface area contributed by atoms with Gasteiger partial charge in [0.05, 0.1) is 17.7 Å². The summed E-state index contributed by atoms with van der Waals surface area (Å²) in [5, 5.41) is 11.3. The Labute approximate surface area is 99.8 Å². The summed E-state index contributed by atoms with van der Waals surface area (Å²) in [5.74, 6) is 0.226. The largest absolute Gasteiger partial charge is 0.354 e. The van der Waals surface area contributed by atoms with Crippen LogP contribution in [0.5, 0.6) is 0 Å². The Hall–Kier alpha value is -1.47. The molecule has 0 bridgehead atoms. The maximum Gasteiger partial charge on any atom is 0.230 e. The van der Waals surface area contributed by atoms with Crippen molar-refractivity contribution in [2.24, 2.45) is 5.92 Å². The summed E-state index contributed by atoms with van der Waals surface area (Å²) in [5.41, 5.74) is 0. The second kappa shape index (κ2) is 6.91. The number of nitriles is 1. The number of amides is 1. The lowest BCUT2D eigenvalue weighted by Gasteiger charge is -2.05. The fourth-order valence-corrected chi connectivity index (χ4v) is 1.78. The molecule has 84 valence electrons. The van der Waals surface area contributed by atoms with E-state index in [1.807, 2.05) is 30.3 Å². The number of carbonyl (C=O) groups is 1. The standard InChI is InChI=1S/C12H14N2OS/c1-10(7-13)8-14-12(15)9-16-11-5-3-2-4-6-11/h2-6,10H,8-9H2,1H3,(H,14,15). The molecule has 4 heteroatoms. The fraction of sp³-hybridized carbons (Fsp3) is 0.333. The van der Waals surface area contributed by atoms with Crippen LogP contribution in [-0.2, 0) is 4.79 Å². The molecule has 0 aliphatic carbocycles. The van der Waals surface area contributed by atoms with Gasteiger partial charge in [-0.05, 0) is 19.1 Å². The number of rotatable bonds is 5. The van der Waals surface area contributed by atoms with Crippen molar-refractivity contribution >= 4 is 17.7 Å². The number of thioether (sulfide) groups is 1. The first kappa shape index (κ1) is 12.6. The second-order valence-electron chi connectivity index (χ2n) is 3.44. The molecule has 1 rings (SSSR count). The van der Waals surface area contributed by atoms with Crippen LogP contribution in [0, 0.1) is 17.2 Å². The Kier molecular flexibility index (Phi) is 5.44. The molecule has 0 heterocycles. The van der Waals surface area contributed by atoms with E-state index in [0.29, 0.717) is 12.3 Å². The lowest BCUT2D eigenvalue weighted by molar-refractivity contribution is -0.118. The molecule has 0 saturated heterocycles. The highest BCUT2D eigenvalue weighted by atomic mass is 32.2. The Morgan fingerprint density at radius 3 is 2.81 bits per heavy atom. The van der Waals surface area contributed by atoms with Crippen LogP contribution in [-0.4, -0.2) is 18.2 Å². The summed E-state index contributed by atoms with van der Waals surface area (Å²) in [6, 6.07) is 11.8. The first-order chi connectivity index (χ1) is 7.72. The van der Waals surface area contributed by atoms with Gasteiger partial charge in [-0.25, -0.2) is 0 Å². The molecule has 0 aliphatic heterocycles. The molecule has 1 aromatic carbocycles. The molecular weight excluding hydrogens is 220 g/mol. The van der Waals surface area contributed by atoms with Gasteiger partial charge < -0.3 is 5.32 Å². The first-order valence-corrected chi connectivity index (χ1v) is 6.05.